The highest BCUT2D eigenvalue weighted by Gasteiger charge is 2.05. The number of hydrogen-bond donors (Lipinski definition) is 1. The molecule has 1 aromatic heterocycles. The zero-order valence-electron chi connectivity index (χ0n) is 11.0. The highest BCUT2D eigenvalue weighted by Crippen LogP contribution is 2.08. The number of allylic oxidation sites excluding steroid dienone is 1. The Labute approximate surface area is 116 Å². The van der Waals surface area contributed by atoms with E-state index in [9.17, 15) is 9.59 Å². The molecule has 0 amide bonds. The van der Waals surface area contributed by atoms with E-state index < -0.39 is 5.97 Å². The van der Waals surface area contributed by atoms with E-state index >= 15 is 0 Å². The number of carbonyl (C=O) groups is 2. The van der Waals surface area contributed by atoms with Crippen molar-refractivity contribution in [2.75, 3.05) is 0 Å². The number of nitrogens with zero attached hydrogens (tertiary/aromatic N) is 2. The first kappa shape index (κ1) is 13.7. The third-order valence-electron chi connectivity index (χ3n) is 2.83. The zero-order chi connectivity index (χ0) is 14.5. The predicted molar refractivity (Wildman–Crippen MR) is 74.7 cm³/mol. The van der Waals surface area contributed by atoms with Crippen LogP contribution in [-0.4, -0.2) is 26.6 Å². The standard InChI is InChI=1S/C15H14N2O3/c1-2-17-10-13(9-16-17)14(18)8-5-11-3-6-12(7-4-11)15(19)20/h3-10H,2H2,1H3,(H,19,20)/b8-5-. The fraction of sp³-hybridized carbons (Fsp3) is 0.133. The Morgan fingerprint density at radius 2 is 1.95 bits per heavy atom. The molecule has 5 nitrogen and oxygen atoms in total. The molecule has 0 radical (unpaired) electrons. The van der Waals surface area contributed by atoms with E-state index in [1.807, 2.05) is 6.92 Å². The molecule has 1 heterocycles. The van der Waals surface area contributed by atoms with Gasteiger partial charge in [-0.3, -0.25) is 9.48 Å². The number of benzene rings is 1. The summed E-state index contributed by atoms with van der Waals surface area (Å²) in [5, 5.41) is 12.8. The Morgan fingerprint density at radius 3 is 2.50 bits per heavy atom. The highest BCUT2D eigenvalue weighted by atomic mass is 16.4. The van der Waals surface area contributed by atoms with Gasteiger partial charge in [0.1, 0.15) is 0 Å². The zero-order valence-corrected chi connectivity index (χ0v) is 11.0. The fourth-order valence-corrected chi connectivity index (χ4v) is 1.67. The van der Waals surface area contributed by atoms with Crippen LogP contribution in [0.1, 0.15) is 33.2 Å². The lowest BCUT2D eigenvalue weighted by molar-refractivity contribution is 0.0696. The molecule has 0 atom stereocenters. The summed E-state index contributed by atoms with van der Waals surface area (Å²) in [7, 11) is 0. The first-order chi connectivity index (χ1) is 9.60. The van der Waals surface area contributed by atoms with Crippen LogP contribution in [0.4, 0.5) is 0 Å². The van der Waals surface area contributed by atoms with Gasteiger partial charge in [0.25, 0.3) is 0 Å². The van der Waals surface area contributed by atoms with Crippen molar-refractivity contribution in [1.82, 2.24) is 9.78 Å². The van der Waals surface area contributed by atoms with Crippen molar-refractivity contribution in [2.45, 2.75) is 13.5 Å². The number of carbonyl (C=O) groups excluding carboxylic acids is 1. The summed E-state index contributed by atoms with van der Waals surface area (Å²) in [6.45, 7) is 2.66. The number of carboxylic acids is 1. The molecule has 2 aromatic rings. The Kier molecular flexibility index (Phi) is 4.10. The molecule has 0 aliphatic carbocycles. The maximum atomic E-state index is 11.9. The Hall–Kier alpha value is -2.69. The summed E-state index contributed by atoms with van der Waals surface area (Å²) in [6.07, 6.45) is 6.33. The first-order valence-corrected chi connectivity index (χ1v) is 6.18. The minimum atomic E-state index is -0.969. The van der Waals surface area contributed by atoms with Crippen LogP contribution in [0.2, 0.25) is 0 Å². The molecule has 1 aromatic carbocycles. The molecule has 0 spiro atoms. The third-order valence-corrected chi connectivity index (χ3v) is 2.83. The van der Waals surface area contributed by atoms with Crippen LogP contribution in [0.25, 0.3) is 6.08 Å². The van der Waals surface area contributed by atoms with Crippen molar-refractivity contribution < 1.29 is 14.7 Å². The lowest BCUT2D eigenvalue weighted by atomic mass is 10.1. The summed E-state index contributed by atoms with van der Waals surface area (Å²) in [6, 6.07) is 6.31. The summed E-state index contributed by atoms with van der Waals surface area (Å²) in [4.78, 5) is 22.6. The van der Waals surface area contributed by atoms with Gasteiger partial charge in [-0.25, -0.2) is 4.79 Å². The second-order valence-electron chi connectivity index (χ2n) is 4.21. The average Bonchev–Trinajstić information content (AvgIpc) is 2.94. The molecule has 2 rings (SSSR count). The molecule has 20 heavy (non-hydrogen) atoms. The van der Waals surface area contributed by atoms with Crippen LogP contribution in [0, 0.1) is 0 Å². The van der Waals surface area contributed by atoms with Crippen molar-refractivity contribution in [1.29, 1.82) is 0 Å². The van der Waals surface area contributed by atoms with Gasteiger partial charge in [0.2, 0.25) is 0 Å². The monoisotopic (exact) mass is 270 g/mol. The number of aromatic nitrogens is 2. The maximum absolute atomic E-state index is 11.9. The molecule has 0 aliphatic rings. The molecule has 0 fully saturated rings. The number of hydrogen-bond acceptors (Lipinski definition) is 3. The normalized spacial score (nSPS) is 10.8. The molecule has 0 aliphatic heterocycles. The Balaban J connectivity index is 2.08. The van der Waals surface area contributed by atoms with Crippen LogP contribution in [0.3, 0.4) is 0 Å². The van der Waals surface area contributed by atoms with E-state index in [1.165, 1.54) is 24.4 Å². The van der Waals surface area contributed by atoms with Gasteiger partial charge in [-0.1, -0.05) is 18.2 Å². The Bertz CT molecular complexity index is 654. The lowest BCUT2D eigenvalue weighted by Gasteiger charge is -1.95. The SMILES string of the molecule is CCn1cc(C(=O)/C=C\c2ccc(C(=O)O)cc2)cn1. The van der Waals surface area contributed by atoms with Gasteiger partial charge < -0.3 is 5.11 Å². The molecular formula is C15H14N2O3. The van der Waals surface area contributed by atoms with Gasteiger partial charge in [-0.15, -0.1) is 0 Å². The number of aryl methyl sites for hydroxylation is 1. The number of ketones is 1. The van der Waals surface area contributed by atoms with E-state index in [0.29, 0.717) is 12.1 Å². The van der Waals surface area contributed by atoms with Gasteiger partial charge in [-0.2, -0.15) is 5.10 Å². The molecule has 0 saturated heterocycles. The minimum Gasteiger partial charge on any atom is -0.478 e. The summed E-state index contributed by atoms with van der Waals surface area (Å²) in [5.41, 5.74) is 1.52. The van der Waals surface area contributed by atoms with E-state index in [4.69, 9.17) is 5.11 Å². The van der Waals surface area contributed by atoms with Crippen molar-refractivity contribution in [2.24, 2.45) is 0 Å². The molecule has 102 valence electrons. The minimum absolute atomic E-state index is 0.132. The van der Waals surface area contributed by atoms with E-state index in [0.717, 1.165) is 5.56 Å². The maximum Gasteiger partial charge on any atom is 0.335 e. The van der Waals surface area contributed by atoms with Gasteiger partial charge in [0.15, 0.2) is 5.78 Å². The van der Waals surface area contributed by atoms with Crippen LogP contribution < -0.4 is 0 Å². The van der Waals surface area contributed by atoms with E-state index in [2.05, 4.69) is 5.10 Å². The predicted octanol–water partition coefficient (Wildman–Crippen LogP) is 2.50. The third kappa shape index (κ3) is 3.20. The number of rotatable bonds is 5. The van der Waals surface area contributed by atoms with E-state index in [-0.39, 0.29) is 11.3 Å². The van der Waals surface area contributed by atoms with Crippen molar-refractivity contribution in [3.05, 3.63) is 59.4 Å². The molecule has 1 N–H and O–H groups in total. The molecule has 5 heteroatoms. The molecule has 0 saturated carbocycles. The van der Waals surface area contributed by atoms with Gasteiger partial charge in [0.05, 0.1) is 17.3 Å². The largest absolute Gasteiger partial charge is 0.478 e. The second-order valence-corrected chi connectivity index (χ2v) is 4.21. The molecule has 0 unspecified atom stereocenters. The molecular weight excluding hydrogens is 256 g/mol. The quantitative estimate of drug-likeness (QED) is 0.669. The Morgan fingerprint density at radius 1 is 1.25 bits per heavy atom. The smallest absolute Gasteiger partial charge is 0.335 e. The highest BCUT2D eigenvalue weighted by molar-refractivity contribution is 6.06. The van der Waals surface area contributed by atoms with Crippen molar-refractivity contribution in [3.63, 3.8) is 0 Å². The average molecular weight is 270 g/mol. The molecule has 0 bridgehead atoms. The van der Waals surface area contributed by atoms with E-state index in [1.54, 1.807) is 29.1 Å². The van der Waals surface area contributed by atoms with Crippen molar-refractivity contribution in [3.8, 4) is 0 Å². The van der Waals surface area contributed by atoms with Gasteiger partial charge in [0, 0.05) is 12.7 Å². The first-order valence-electron chi connectivity index (χ1n) is 6.18. The van der Waals surface area contributed by atoms with Crippen LogP contribution >= 0.6 is 0 Å². The van der Waals surface area contributed by atoms with Crippen LogP contribution in [0.15, 0.2) is 42.7 Å². The second kappa shape index (κ2) is 5.97. The van der Waals surface area contributed by atoms with Crippen LogP contribution in [0.5, 0.6) is 0 Å². The van der Waals surface area contributed by atoms with Gasteiger partial charge >= 0.3 is 5.97 Å². The van der Waals surface area contributed by atoms with Crippen LogP contribution in [-0.2, 0) is 6.54 Å². The van der Waals surface area contributed by atoms with Gasteiger partial charge in [-0.05, 0) is 30.7 Å². The summed E-state index contributed by atoms with van der Waals surface area (Å²) >= 11 is 0. The van der Waals surface area contributed by atoms with Crippen molar-refractivity contribution >= 4 is 17.8 Å². The fourth-order valence-electron chi connectivity index (χ4n) is 1.67. The number of aromatic carboxylic acids is 1. The number of carboxylic acid groups (broad SMARTS) is 1. The lowest BCUT2D eigenvalue weighted by Crippen LogP contribution is -1.95. The summed E-state index contributed by atoms with van der Waals surface area (Å²) < 4.78 is 1.68. The topological polar surface area (TPSA) is 72.2 Å². The summed E-state index contributed by atoms with van der Waals surface area (Å²) in [5.74, 6) is -1.10.